The Kier molecular flexibility index (Phi) is 20.9. The van der Waals surface area contributed by atoms with Gasteiger partial charge in [0.2, 0.25) is 0 Å². The maximum atomic E-state index is 7.08. The van der Waals surface area contributed by atoms with Crippen LogP contribution in [0, 0.1) is 11.8 Å². The largest absolute Gasteiger partial charge is 0.455 e. The highest BCUT2D eigenvalue weighted by Gasteiger charge is 2.50. The van der Waals surface area contributed by atoms with Gasteiger partial charge in [-0.2, -0.15) is 0 Å². The first-order chi connectivity index (χ1) is 69.6. The average Bonchev–Trinajstić information content (AvgIpc) is 1.52. The molecule has 0 radical (unpaired) electrons. The molecule has 12 heteroatoms. The summed E-state index contributed by atoms with van der Waals surface area (Å²) in [7, 11) is 0. The quantitative estimate of drug-likeness (QED) is 0.102. The molecule has 678 valence electrons. The molecule has 6 heterocycles. The SMILES string of the molecule is CC(C)C1(C(C)C)c2ccccc2-c2ccc3c(oc4c(-c5ccc(-c6nc(-c7ccccc7)nc(-c7ccccc7)n6)cc5)cccc43)c21.CC1(C)c2ccccc2-c2ccc3c(oc4c(-c5cccc(-c6nc(-c7ccccc7)nc(-c7ccccc7)n6)c5)cccc43)c21.CC1(C)c2ccccc2-c2ccc3c(oc4c(-c5nc(-c6ccccc6)nc(-c6cccc(-c7ccccc7)c6)n5)cccc43)c21. The van der Waals surface area contributed by atoms with E-state index in [-0.39, 0.29) is 16.2 Å². The molecule has 24 aromatic rings. The molecule has 142 heavy (non-hydrogen) atoms. The van der Waals surface area contributed by atoms with Crippen LogP contribution >= 0.6 is 0 Å². The molecule has 0 atom stereocenters. The van der Waals surface area contributed by atoms with Gasteiger partial charge in [-0.15, -0.1) is 0 Å². The number of benzene rings is 18. The molecule has 0 bridgehead atoms. The normalized spacial score (nSPS) is 13.2. The third kappa shape index (κ3) is 14.4. The molecule has 0 amide bonds. The Bertz CT molecular complexity index is 8960. The second kappa shape index (κ2) is 34.5. The summed E-state index contributed by atoms with van der Waals surface area (Å²) in [6.07, 6.45) is 0. The molecule has 3 aliphatic rings. The summed E-state index contributed by atoms with van der Waals surface area (Å²) in [5.74, 6) is 6.45. The minimum absolute atomic E-state index is 0.150. The highest BCUT2D eigenvalue weighted by atomic mass is 16.3. The number of rotatable bonds is 14. The van der Waals surface area contributed by atoms with Gasteiger partial charge < -0.3 is 13.3 Å². The van der Waals surface area contributed by atoms with Crippen molar-refractivity contribution in [2.24, 2.45) is 11.8 Å². The highest BCUT2D eigenvalue weighted by Crippen LogP contribution is 2.61. The van der Waals surface area contributed by atoms with Crippen LogP contribution in [0.5, 0.6) is 0 Å². The van der Waals surface area contributed by atoms with E-state index in [4.69, 9.17) is 58.1 Å². The van der Waals surface area contributed by atoms with Crippen molar-refractivity contribution in [3.63, 3.8) is 0 Å². The maximum Gasteiger partial charge on any atom is 0.167 e. The van der Waals surface area contributed by atoms with Crippen LogP contribution in [-0.4, -0.2) is 44.9 Å². The maximum absolute atomic E-state index is 7.08. The Morgan fingerprint density at radius 2 is 0.415 bits per heavy atom. The Balaban J connectivity index is 0.000000112. The van der Waals surface area contributed by atoms with E-state index in [0.717, 1.165) is 144 Å². The molecular weight excluding hydrogens is 1740 g/mol. The van der Waals surface area contributed by atoms with Crippen LogP contribution < -0.4 is 0 Å². The predicted octanol–water partition coefficient (Wildman–Crippen LogP) is 33.5. The van der Waals surface area contributed by atoms with E-state index < -0.39 is 0 Å². The molecule has 12 nitrogen and oxygen atoms in total. The van der Waals surface area contributed by atoms with Crippen LogP contribution in [0.15, 0.2) is 432 Å². The predicted molar refractivity (Wildman–Crippen MR) is 578 cm³/mol. The van der Waals surface area contributed by atoms with E-state index in [0.29, 0.717) is 64.3 Å². The van der Waals surface area contributed by atoms with Crippen molar-refractivity contribution >= 4 is 65.8 Å². The minimum Gasteiger partial charge on any atom is -0.455 e. The van der Waals surface area contributed by atoms with Gasteiger partial charge in [0.1, 0.15) is 33.5 Å². The van der Waals surface area contributed by atoms with Gasteiger partial charge in [-0.1, -0.05) is 438 Å². The van der Waals surface area contributed by atoms with E-state index in [9.17, 15) is 0 Å². The lowest BCUT2D eigenvalue weighted by molar-refractivity contribution is 0.280. The molecule has 3 aliphatic carbocycles. The van der Waals surface area contributed by atoms with E-state index in [2.05, 4.69) is 316 Å². The van der Waals surface area contributed by atoms with Crippen LogP contribution in [0.25, 0.3) is 235 Å². The Labute approximate surface area is 823 Å². The standard InChI is InChI=1S/C46H37N3O.2C42H29N3O/c1-28(2)46(29(3)4)39-21-12-11-18-35(39)36-26-27-38-37-20-13-19-34(41(37)50-42(38)40(36)46)30-22-24-33(25-23-30)45-48-43(31-14-7-5-8-15-31)47-44(49-45)32-16-9-6-10-17-32;1-42(2)35-22-10-9-19-31(35)32-23-24-34-33-21-12-20-30(37(33)46-38(34)36(32)42)28-17-11-18-29(25-28)41-44-39(26-13-5-3-6-14-26)43-40(45-41)27-15-7-4-8-16-27;1-42(2)35-22-10-9-19-30(35)31-23-24-33-32-20-12-21-34(37(32)46-38(33)36(31)42)41-44-39(27-15-7-4-8-16-27)43-40(45-41)29-18-11-17-28(25-29)26-13-5-3-6-14-26/h5-29H,1-4H3;2*3-25H,1-2H3. The second-order valence-electron chi connectivity index (χ2n) is 38.9. The van der Waals surface area contributed by atoms with Crippen molar-refractivity contribution in [2.45, 2.75) is 71.6 Å². The van der Waals surface area contributed by atoms with Gasteiger partial charge in [0, 0.05) is 121 Å². The van der Waals surface area contributed by atoms with Crippen molar-refractivity contribution < 1.29 is 13.3 Å². The van der Waals surface area contributed by atoms with Gasteiger partial charge in [0.25, 0.3) is 0 Å². The lowest BCUT2D eigenvalue weighted by atomic mass is 9.62. The Hall–Kier alpha value is -17.6. The van der Waals surface area contributed by atoms with Crippen LogP contribution in [0.1, 0.15) is 88.8 Å². The van der Waals surface area contributed by atoms with E-state index in [1.807, 2.05) is 158 Å². The first-order valence-corrected chi connectivity index (χ1v) is 48.8. The smallest absolute Gasteiger partial charge is 0.167 e. The van der Waals surface area contributed by atoms with Crippen molar-refractivity contribution in [3.8, 4) is 169 Å². The molecule has 18 aromatic carbocycles. The number of nitrogens with zero attached hydrogens (tertiary/aromatic N) is 9. The topological polar surface area (TPSA) is 155 Å². The third-order valence-corrected chi connectivity index (χ3v) is 29.4. The van der Waals surface area contributed by atoms with Crippen LogP contribution in [0.3, 0.4) is 0 Å². The molecule has 0 aliphatic heterocycles. The Morgan fingerprint density at radius 1 is 0.169 bits per heavy atom. The summed E-state index contributed by atoms with van der Waals surface area (Å²) in [6, 6.07) is 145. The fourth-order valence-corrected chi connectivity index (χ4v) is 22.7. The zero-order chi connectivity index (χ0) is 95.6. The molecule has 0 unspecified atom stereocenters. The molecule has 0 saturated heterocycles. The highest BCUT2D eigenvalue weighted by molar-refractivity contribution is 6.16. The summed E-state index contributed by atoms with van der Waals surface area (Å²) in [5, 5.41) is 6.72. The van der Waals surface area contributed by atoms with Gasteiger partial charge in [-0.3, -0.25) is 0 Å². The van der Waals surface area contributed by atoms with Gasteiger partial charge >= 0.3 is 0 Å². The van der Waals surface area contributed by atoms with E-state index >= 15 is 0 Å². The number of aromatic nitrogens is 9. The third-order valence-electron chi connectivity index (χ3n) is 29.4. The van der Waals surface area contributed by atoms with Gasteiger partial charge in [-0.25, -0.2) is 44.9 Å². The van der Waals surface area contributed by atoms with Crippen LogP contribution in [0.4, 0.5) is 0 Å². The van der Waals surface area contributed by atoms with Crippen molar-refractivity contribution in [1.29, 1.82) is 0 Å². The van der Waals surface area contributed by atoms with Crippen LogP contribution in [-0.2, 0) is 16.2 Å². The monoisotopic (exact) mass is 1830 g/mol. The average molecular weight is 1830 g/mol. The first kappa shape index (κ1) is 86.0. The molecule has 0 spiro atoms. The van der Waals surface area contributed by atoms with E-state index in [1.165, 1.54) is 72.1 Å². The first-order valence-electron chi connectivity index (χ1n) is 48.8. The van der Waals surface area contributed by atoms with Crippen molar-refractivity contribution in [2.75, 3.05) is 0 Å². The minimum atomic E-state index is -0.190. The summed E-state index contributed by atoms with van der Waals surface area (Å²) in [5.41, 5.74) is 35.4. The van der Waals surface area contributed by atoms with Gasteiger partial charge in [-0.05, 0) is 121 Å². The summed E-state index contributed by atoms with van der Waals surface area (Å²) in [6.45, 7) is 18.6. The number of para-hydroxylation sites is 3. The molecular formula is C130H95N9O3. The zero-order valence-electron chi connectivity index (χ0n) is 79.7. The summed E-state index contributed by atoms with van der Waals surface area (Å²) >= 11 is 0. The van der Waals surface area contributed by atoms with Crippen LogP contribution in [0.2, 0.25) is 0 Å². The molecule has 0 saturated carbocycles. The van der Waals surface area contributed by atoms with Gasteiger partial charge in [0.05, 0.1) is 5.56 Å². The molecule has 27 rings (SSSR count). The zero-order valence-corrected chi connectivity index (χ0v) is 79.7. The number of furan rings is 3. The number of hydrogen-bond acceptors (Lipinski definition) is 12. The summed E-state index contributed by atoms with van der Waals surface area (Å²) < 4.78 is 20.9. The lowest BCUT2D eigenvalue weighted by Gasteiger charge is -2.40. The fraction of sp³-hybridized carbons (Fsp3) is 0.100. The number of hydrogen-bond donors (Lipinski definition) is 0. The molecule has 0 fully saturated rings. The van der Waals surface area contributed by atoms with E-state index in [1.54, 1.807) is 0 Å². The Morgan fingerprint density at radius 3 is 0.803 bits per heavy atom. The van der Waals surface area contributed by atoms with Crippen molar-refractivity contribution in [1.82, 2.24) is 44.9 Å². The molecule has 6 aromatic heterocycles. The number of fused-ring (bicyclic) bond motifs is 21. The van der Waals surface area contributed by atoms with Crippen molar-refractivity contribution in [3.05, 3.63) is 452 Å². The summed E-state index contributed by atoms with van der Waals surface area (Å²) in [4.78, 5) is 44.7. The lowest BCUT2D eigenvalue weighted by Crippen LogP contribution is -2.37. The fourth-order valence-electron chi connectivity index (χ4n) is 22.7. The second-order valence-corrected chi connectivity index (χ2v) is 38.9. The van der Waals surface area contributed by atoms with Gasteiger partial charge in [0.15, 0.2) is 52.4 Å². The molecule has 0 N–H and O–H groups in total.